The normalized spacial score (nSPS) is 12.3. The highest BCUT2D eigenvalue weighted by molar-refractivity contribution is 5.71. The molecule has 0 fully saturated rings. The van der Waals surface area contributed by atoms with Gasteiger partial charge in [0.15, 0.2) is 6.10 Å². The van der Waals surface area contributed by atoms with Crippen molar-refractivity contribution < 1.29 is 28.6 Å². The molecule has 0 heterocycles. The van der Waals surface area contributed by atoms with Crippen LogP contribution in [0, 0.1) is 0 Å². The Morgan fingerprint density at radius 1 is 0.351 bits per heavy atom. The summed E-state index contributed by atoms with van der Waals surface area (Å²) in [5.41, 5.74) is 0. The van der Waals surface area contributed by atoms with Gasteiger partial charge in [0.1, 0.15) is 13.2 Å². The molecule has 332 valence electrons. The van der Waals surface area contributed by atoms with E-state index in [9.17, 15) is 14.4 Å². The standard InChI is InChI=1S/C51H92O6/c1-4-7-10-13-16-19-22-24-25-26-28-29-32-35-38-41-44-50(53)56-47-48(46-55-49(52)43-40-37-34-31-21-18-15-12-9-6-3)57-51(54)45-42-39-36-33-30-27-23-20-17-14-11-8-5-2/h15,18,27,30,36,39,48H,4-14,16-17,19-26,28-29,31-35,37-38,40-47H2,1-3H3/b18-15-,30-27-,39-36-. The van der Waals surface area contributed by atoms with Crippen LogP contribution >= 0.6 is 0 Å². The Labute approximate surface area is 353 Å². The van der Waals surface area contributed by atoms with Crippen molar-refractivity contribution in [3.05, 3.63) is 36.5 Å². The van der Waals surface area contributed by atoms with Crippen molar-refractivity contribution in [2.75, 3.05) is 13.2 Å². The highest BCUT2D eigenvalue weighted by Crippen LogP contribution is 2.15. The molecule has 0 aliphatic rings. The molecule has 0 amide bonds. The summed E-state index contributed by atoms with van der Waals surface area (Å²) in [6.07, 6.45) is 52.9. The first-order valence-electron chi connectivity index (χ1n) is 24.5. The Bertz CT molecular complexity index is 969. The summed E-state index contributed by atoms with van der Waals surface area (Å²) >= 11 is 0. The molecule has 0 spiro atoms. The lowest BCUT2D eigenvalue weighted by molar-refractivity contribution is -0.166. The van der Waals surface area contributed by atoms with E-state index in [0.717, 1.165) is 70.6 Å². The van der Waals surface area contributed by atoms with Crippen LogP contribution in [0.5, 0.6) is 0 Å². The van der Waals surface area contributed by atoms with E-state index in [1.807, 2.05) is 6.08 Å². The number of allylic oxidation sites excluding steroid dienone is 6. The molecule has 1 unspecified atom stereocenters. The second-order valence-corrected chi connectivity index (χ2v) is 16.4. The molecule has 0 radical (unpaired) electrons. The Kier molecular flexibility index (Phi) is 44.4. The van der Waals surface area contributed by atoms with Crippen LogP contribution in [0.15, 0.2) is 36.5 Å². The van der Waals surface area contributed by atoms with Gasteiger partial charge in [-0.1, -0.05) is 211 Å². The summed E-state index contributed by atoms with van der Waals surface area (Å²) in [6.45, 7) is 6.54. The fraction of sp³-hybridized carbons (Fsp3) is 0.824. The molecule has 6 nitrogen and oxygen atoms in total. The minimum Gasteiger partial charge on any atom is -0.462 e. The summed E-state index contributed by atoms with van der Waals surface area (Å²) in [5, 5.41) is 0. The molecule has 0 aromatic carbocycles. The summed E-state index contributed by atoms with van der Waals surface area (Å²) < 4.78 is 16.7. The summed E-state index contributed by atoms with van der Waals surface area (Å²) in [5.74, 6) is -0.972. The van der Waals surface area contributed by atoms with Gasteiger partial charge in [0.05, 0.1) is 0 Å². The molecule has 0 N–H and O–H groups in total. The molecular formula is C51H92O6. The SMILES string of the molecule is CCCC/C=C\CCCCCCC(=O)OCC(COC(=O)CCCCCCCCCCCCCCCCCC)OC(=O)CC/C=C\C/C=C\CCCCCCCC. The lowest BCUT2D eigenvalue weighted by Gasteiger charge is -2.18. The number of carbonyl (C=O) groups is 3. The van der Waals surface area contributed by atoms with Gasteiger partial charge in [-0.05, 0) is 57.8 Å². The van der Waals surface area contributed by atoms with Crippen LogP contribution in [0.4, 0.5) is 0 Å². The van der Waals surface area contributed by atoms with Gasteiger partial charge in [0.25, 0.3) is 0 Å². The molecule has 6 heteroatoms. The summed E-state index contributed by atoms with van der Waals surface area (Å²) in [6, 6.07) is 0. The van der Waals surface area contributed by atoms with E-state index in [0.29, 0.717) is 19.3 Å². The highest BCUT2D eigenvalue weighted by atomic mass is 16.6. The maximum absolute atomic E-state index is 12.7. The lowest BCUT2D eigenvalue weighted by Crippen LogP contribution is -2.30. The maximum atomic E-state index is 12.7. The van der Waals surface area contributed by atoms with E-state index in [4.69, 9.17) is 14.2 Å². The van der Waals surface area contributed by atoms with Crippen LogP contribution in [-0.4, -0.2) is 37.2 Å². The Balaban J connectivity index is 4.39. The van der Waals surface area contributed by atoms with Crippen molar-refractivity contribution in [2.24, 2.45) is 0 Å². The molecule has 0 aromatic heterocycles. The minimum atomic E-state index is -0.801. The number of hydrogen-bond donors (Lipinski definition) is 0. The first kappa shape index (κ1) is 54.6. The van der Waals surface area contributed by atoms with Crippen molar-refractivity contribution >= 4 is 17.9 Å². The van der Waals surface area contributed by atoms with E-state index >= 15 is 0 Å². The third-order valence-electron chi connectivity index (χ3n) is 10.6. The van der Waals surface area contributed by atoms with Crippen molar-refractivity contribution in [1.82, 2.24) is 0 Å². The predicted molar refractivity (Wildman–Crippen MR) is 242 cm³/mol. The van der Waals surface area contributed by atoms with Gasteiger partial charge in [-0.2, -0.15) is 0 Å². The average molecular weight is 801 g/mol. The predicted octanol–water partition coefficient (Wildman–Crippen LogP) is 15.8. The van der Waals surface area contributed by atoms with Crippen molar-refractivity contribution in [3.8, 4) is 0 Å². The highest BCUT2D eigenvalue weighted by Gasteiger charge is 2.19. The van der Waals surface area contributed by atoms with Crippen molar-refractivity contribution in [3.63, 3.8) is 0 Å². The summed E-state index contributed by atoms with van der Waals surface area (Å²) in [7, 11) is 0. The molecule has 0 saturated carbocycles. The first-order chi connectivity index (χ1) is 28.0. The molecular weight excluding hydrogens is 709 g/mol. The molecule has 0 aromatic rings. The van der Waals surface area contributed by atoms with Gasteiger partial charge in [-0.3, -0.25) is 14.4 Å². The maximum Gasteiger partial charge on any atom is 0.306 e. The van der Waals surface area contributed by atoms with Gasteiger partial charge in [-0.25, -0.2) is 0 Å². The first-order valence-corrected chi connectivity index (χ1v) is 24.5. The van der Waals surface area contributed by atoms with Gasteiger partial charge in [0, 0.05) is 19.3 Å². The van der Waals surface area contributed by atoms with Crippen LogP contribution in [0.25, 0.3) is 0 Å². The quantitative estimate of drug-likeness (QED) is 0.0264. The van der Waals surface area contributed by atoms with Gasteiger partial charge in [-0.15, -0.1) is 0 Å². The fourth-order valence-corrected chi connectivity index (χ4v) is 6.89. The summed E-state index contributed by atoms with van der Waals surface area (Å²) in [4.78, 5) is 37.7. The van der Waals surface area contributed by atoms with Gasteiger partial charge < -0.3 is 14.2 Å². The molecule has 1 atom stereocenters. The van der Waals surface area contributed by atoms with E-state index < -0.39 is 6.10 Å². The van der Waals surface area contributed by atoms with Crippen LogP contribution in [0.3, 0.4) is 0 Å². The van der Waals surface area contributed by atoms with Gasteiger partial charge >= 0.3 is 17.9 Å². The lowest BCUT2D eigenvalue weighted by atomic mass is 10.0. The van der Waals surface area contributed by atoms with E-state index in [1.54, 1.807) is 0 Å². The number of carbonyl (C=O) groups excluding carboxylic acids is 3. The van der Waals surface area contributed by atoms with E-state index in [2.05, 4.69) is 51.2 Å². The van der Waals surface area contributed by atoms with Crippen molar-refractivity contribution in [1.29, 1.82) is 0 Å². The second-order valence-electron chi connectivity index (χ2n) is 16.4. The zero-order valence-electron chi connectivity index (χ0n) is 37.9. The zero-order chi connectivity index (χ0) is 41.5. The van der Waals surface area contributed by atoms with Gasteiger partial charge in [0.2, 0.25) is 0 Å². The monoisotopic (exact) mass is 801 g/mol. The average Bonchev–Trinajstić information content (AvgIpc) is 3.21. The smallest absolute Gasteiger partial charge is 0.306 e. The molecule has 0 bridgehead atoms. The Morgan fingerprint density at radius 3 is 1.11 bits per heavy atom. The van der Waals surface area contributed by atoms with E-state index in [-0.39, 0.29) is 37.5 Å². The largest absolute Gasteiger partial charge is 0.462 e. The van der Waals surface area contributed by atoms with E-state index in [1.165, 1.54) is 135 Å². The van der Waals surface area contributed by atoms with Crippen LogP contribution in [0.2, 0.25) is 0 Å². The number of unbranched alkanes of at least 4 members (excludes halogenated alkanes) is 27. The molecule has 0 aliphatic carbocycles. The number of rotatable bonds is 44. The molecule has 0 saturated heterocycles. The van der Waals surface area contributed by atoms with Crippen molar-refractivity contribution in [2.45, 2.75) is 258 Å². The number of hydrogen-bond acceptors (Lipinski definition) is 6. The second kappa shape index (κ2) is 46.3. The third kappa shape index (κ3) is 44.6. The topological polar surface area (TPSA) is 78.9 Å². The number of esters is 3. The Morgan fingerprint density at radius 2 is 0.684 bits per heavy atom. The molecule has 0 aliphatic heterocycles. The minimum absolute atomic E-state index is 0.0955. The fourth-order valence-electron chi connectivity index (χ4n) is 6.89. The van der Waals surface area contributed by atoms with Crippen LogP contribution in [-0.2, 0) is 28.6 Å². The molecule has 57 heavy (non-hydrogen) atoms. The number of ether oxygens (including phenoxy) is 3. The molecule has 0 rings (SSSR count). The van der Waals surface area contributed by atoms with Crippen LogP contribution < -0.4 is 0 Å². The third-order valence-corrected chi connectivity index (χ3v) is 10.6. The van der Waals surface area contributed by atoms with Crippen LogP contribution in [0.1, 0.15) is 252 Å². The zero-order valence-corrected chi connectivity index (χ0v) is 37.9. The Hall–Kier alpha value is -2.37.